The molecule has 0 aromatic carbocycles. The number of anilines is 1. The van der Waals surface area contributed by atoms with Crippen LogP contribution in [0.4, 0.5) is 27.6 Å². The van der Waals surface area contributed by atoms with Crippen molar-refractivity contribution in [3.05, 3.63) is 22.4 Å². The van der Waals surface area contributed by atoms with Gasteiger partial charge in [-0.1, -0.05) is 28.4 Å². The predicted octanol–water partition coefficient (Wildman–Crippen LogP) is 3.79. The van der Waals surface area contributed by atoms with Gasteiger partial charge in [0.1, 0.15) is 10.3 Å². The Morgan fingerprint density at radius 1 is 1.16 bits per heavy atom. The zero-order valence-corrected chi connectivity index (χ0v) is 10.2. The summed E-state index contributed by atoms with van der Waals surface area (Å²) in [5.74, 6) is -7.39. The van der Waals surface area contributed by atoms with Crippen LogP contribution in [0.1, 0.15) is 0 Å². The SMILES string of the molecule is O/N=C(\Nc1cc(Cl)nc(Cl)c1)C(F)(F)C(F)(F)F. The molecule has 1 aromatic heterocycles. The molecule has 0 fully saturated rings. The van der Waals surface area contributed by atoms with Crippen LogP contribution in [0.5, 0.6) is 0 Å². The van der Waals surface area contributed by atoms with Crippen molar-refractivity contribution in [3.63, 3.8) is 0 Å². The second-order valence-corrected chi connectivity index (χ2v) is 3.92. The van der Waals surface area contributed by atoms with Gasteiger partial charge in [-0.05, 0) is 12.1 Å². The Labute approximate surface area is 112 Å². The first kappa shape index (κ1) is 15.7. The van der Waals surface area contributed by atoms with Crippen LogP contribution < -0.4 is 5.32 Å². The molecule has 0 bridgehead atoms. The zero-order valence-electron chi connectivity index (χ0n) is 8.64. The molecule has 0 aliphatic carbocycles. The molecular weight excluding hydrogens is 320 g/mol. The number of hydrogen-bond donors (Lipinski definition) is 2. The van der Waals surface area contributed by atoms with E-state index in [0.29, 0.717) is 0 Å². The van der Waals surface area contributed by atoms with Gasteiger partial charge in [-0.25, -0.2) is 4.98 Å². The summed E-state index contributed by atoms with van der Waals surface area (Å²) in [4.78, 5) is 3.46. The third-order valence-electron chi connectivity index (χ3n) is 1.78. The average molecular weight is 324 g/mol. The van der Waals surface area contributed by atoms with Crippen molar-refractivity contribution in [1.82, 2.24) is 4.98 Å². The maximum Gasteiger partial charge on any atom is 0.461 e. The summed E-state index contributed by atoms with van der Waals surface area (Å²) in [6, 6.07) is 1.84. The summed E-state index contributed by atoms with van der Waals surface area (Å²) >= 11 is 10.9. The van der Waals surface area contributed by atoms with Crippen molar-refractivity contribution in [2.75, 3.05) is 5.32 Å². The van der Waals surface area contributed by atoms with Crippen molar-refractivity contribution < 1.29 is 27.2 Å². The molecule has 1 aromatic rings. The summed E-state index contributed by atoms with van der Waals surface area (Å²) in [6.45, 7) is 0. The second kappa shape index (κ2) is 5.33. The molecule has 2 N–H and O–H groups in total. The quantitative estimate of drug-likeness (QED) is 0.217. The Kier molecular flexibility index (Phi) is 4.41. The molecule has 0 atom stereocenters. The number of rotatable bonds is 2. The molecule has 0 unspecified atom stereocenters. The first-order valence-electron chi connectivity index (χ1n) is 4.35. The Morgan fingerprint density at radius 3 is 2.00 bits per heavy atom. The maximum absolute atomic E-state index is 12.9. The Balaban J connectivity index is 3.08. The van der Waals surface area contributed by atoms with Gasteiger partial charge in [0.05, 0.1) is 0 Å². The van der Waals surface area contributed by atoms with E-state index < -0.39 is 17.9 Å². The van der Waals surface area contributed by atoms with E-state index in [0.717, 1.165) is 12.1 Å². The molecule has 0 spiro atoms. The van der Waals surface area contributed by atoms with E-state index in [-0.39, 0.29) is 16.0 Å². The minimum atomic E-state index is -5.93. The highest BCUT2D eigenvalue weighted by molar-refractivity contribution is 6.33. The van der Waals surface area contributed by atoms with Crippen molar-refractivity contribution in [3.8, 4) is 0 Å². The topological polar surface area (TPSA) is 57.5 Å². The van der Waals surface area contributed by atoms with Crippen LogP contribution in [-0.2, 0) is 0 Å². The van der Waals surface area contributed by atoms with Gasteiger partial charge in [-0.3, -0.25) is 0 Å². The summed E-state index contributed by atoms with van der Waals surface area (Å²) in [5, 5.41) is 11.3. The van der Waals surface area contributed by atoms with Crippen molar-refractivity contribution >= 4 is 34.7 Å². The smallest absolute Gasteiger partial charge is 0.409 e. The molecule has 0 saturated carbocycles. The van der Waals surface area contributed by atoms with E-state index in [1.165, 1.54) is 0 Å². The monoisotopic (exact) mass is 323 g/mol. The number of hydrogen-bond acceptors (Lipinski definition) is 3. The number of nitrogens with zero attached hydrogens (tertiary/aromatic N) is 2. The number of aromatic nitrogens is 1. The zero-order chi connectivity index (χ0) is 14.8. The van der Waals surface area contributed by atoms with Crippen LogP contribution in [0.2, 0.25) is 10.3 Å². The molecule has 4 nitrogen and oxygen atoms in total. The fraction of sp³-hybridized carbons (Fsp3) is 0.250. The molecule has 1 heterocycles. The largest absolute Gasteiger partial charge is 0.461 e. The van der Waals surface area contributed by atoms with Crippen LogP contribution in [0, 0.1) is 0 Å². The normalized spacial score (nSPS) is 13.5. The maximum atomic E-state index is 12.9. The lowest BCUT2D eigenvalue weighted by Gasteiger charge is -2.21. The van der Waals surface area contributed by atoms with E-state index in [9.17, 15) is 22.0 Å². The summed E-state index contributed by atoms with van der Waals surface area (Å²) in [7, 11) is 0. The highest BCUT2D eigenvalue weighted by Gasteiger charge is 2.62. The van der Waals surface area contributed by atoms with Crippen molar-refractivity contribution in [2.24, 2.45) is 5.16 Å². The van der Waals surface area contributed by atoms with Crippen LogP contribution in [0.15, 0.2) is 17.3 Å². The Morgan fingerprint density at radius 2 is 1.63 bits per heavy atom. The lowest BCUT2D eigenvalue weighted by Crippen LogP contribution is -2.47. The number of halogens is 7. The van der Waals surface area contributed by atoms with E-state index in [1.54, 1.807) is 5.32 Å². The van der Waals surface area contributed by atoms with Crippen LogP contribution in [0.25, 0.3) is 0 Å². The molecule has 0 saturated heterocycles. The number of alkyl halides is 5. The molecule has 0 aliphatic rings. The highest BCUT2D eigenvalue weighted by Crippen LogP contribution is 2.37. The fourth-order valence-electron chi connectivity index (χ4n) is 0.974. The highest BCUT2D eigenvalue weighted by atomic mass is 35.5. The number of pyridine rings is 1. The predicted molar refractivity (Wildman–Crippen MR) is 58.1 cm³/mol. The Hall–Kier alpha value is -1.35. The second-order valence-electron chi connectivity index (χ2n) is 3.15. The molecule has 0 radical (unpaired) electrons. The molecular formula is C8H4Cl2F5N3O. The summed E-state index contributed by atoms with van der Waals surface area (Å²) in [6.07, 6.45) is -5.93. The van der Waals surface area contributed by atoms with Crippen LogP contribution in [-0.4, -0.2) is 28.1 Å². The van der Waals surface area contributed by atoms with Gasteiger partial charge < -0.3 is 10.5 Å². The fourth-order valence-corrected chi connectivity index (χ4v) is 1.43. The van der Waals surface area contributed by atoms with Crippen LogP contribution >= 0.6 is 23.2 Å². The third kappa shape index (κ3) is 3.57. The first-order chi connectivity index (χ1) is 8.57. The minimum Gasteiger partial charge on any atom is -0.409 e. The van der Waals surface area contributed by atoms with Gasteiger partial charge >= 0.3 is 12.1 Å². The number of nitrogens with one attached hydrogen (secondary N) is 1. The molecule has 0 aliphatic heterocycles. The van der Waals surface area contributed by atoms with Gasteiger partial charge in [0.25, 0.3) is 0 Å². The summed E-state index contributed by atoms with van der Waals surface area (Å²) < 4.78 is 62.1. The first-order valence-corrected chi connectivity index (χ1v) is 5.10. The lowest BCUT2D eigenvalue weighted by atomic mass is 10.2. The van der Waals surface area contributed by atoms with E-state index in [1.807, 2.05) is 5.16 Å². The average Bonchev–Trinajstić information content (AvgIpc) is 2.22. The van der Waals surface area contributed by atoms with Gasteiger partial charge in [0, 0.05) is 5.69 Å². The molecule has 106 valence electrons. The van der Waals surface area contributed by atoms with Crippen LogP contribution in [0.3, 0.4) is 0 Å². The molecule has 19 heavy (non-hydrogen) atoms. The molecule has 0 amide bonds. The minimum absolute atomic E-state index is 0.248. The number of oxime groups is 1. The van der Waals surface area contributed by atoms with E-state index in [4.69, 9.17) is 28.4 Å². The van der Waals surface area contributed by atoms with Gasteiger partial charge in [0.15, 0.2) is 0 Å². The summed E-state index contributed by atoms with van der Waals surface area (Å²) in [5.41, 5.74) is -0.346. The van der Waals surface area contributed by atoms with E-state index in [2.05, 4.69) is 4.98 Å². The molecule has 11 heteroatoms. The van der Waals surface area contributed by atoms with Crippen molar-refractivity contribution in [1.29, 1.82) is 0 Å². The standard InChI is InChI=1S/C8H4Cl2F5N3O/c9-4-1-3(2-5(10)17-4)16-6(18-19)7(11,12)8(13,14)15/h1-2,19H,(H,16,17,18). The van der Waals surface area contributed by atoms with Crippen molar-refractivity contribution in [2.45, 2.75) is 12.1 Å². The Bertz CT molecular complexity index is 485. The number of amidine groups is 1. The van der Waals surface area contributed by atoms with Gasteiger partial charge in [0.2, 0.25) is 5.84 Å². The van der Waals surface area contributed by atoms with Gasteiger partial charge in [-0.2, -0.15) is 22.0 Å². The molecule has 1 rings (SSSR count). The third-order valence-corrected chi connectivity index (χ3v) is 2.17. The van der Waals surface area contributed by atoms with Gasteiger partial charge in [-0.15, -0.1) is 0 Å². The van der Waals surface area contributed by atoms with E-state index >= 15 is 0 Å². The lowest BCUT2D eigenvalue weighted by molar-refractivity contribution is -0.249.